The third kappa shape index (κ3) is 14.6. The summed E-state index contributed by atoms with van der Waals surface area (Å²) in [6.45, 7) is 8.90. The first-order valence-electron chi connectivity index (χ1n) is 31.6. The maximum Gasteiger partial charge on any atom is 0.225 e. The summed E-state index contributed by atoms with van der Waals surface area (Å²) in [5.74, 6) is 2.92. The van der Waals surface area contributed by atoms with Crippen molar-refractivity contribution >= 4 is 73.8 Å². The van der Waals surface area contributed by atoms with Crippen LogP contribution in [0.25, 0.3) is 89.2 Å². The number of aromatic amines is 4. The van der Waals surface area contributed by atoms with Crippen LogP contribution in [0.3, 0.4) is 0 Å². The van der Waals surface area contributed by atoms with Crippen LogP contribution in [0.2, 0.25) is 0 Å². The maximum atomic E-state index is 11.2. The lowest BCUT2D eigenvalue weighted by atomic mass is 10.1. The summed E-state index contributed by atoms with van der Waals surface area (Å²) in [5, 5.41) is 14.1. The number of likely N-dealkylation sites (tertiary alicyclic amines) is 1. The minimum Gasteiger partial charge on any atom is -0.381 e. The van der Waals surface area contributed by atoms with Gasteiger partial charge in [0.2, 0.25) is 29.7 Å². The van der Waals surface area contributed by atoms with Crippen LogP contribution in [-0.4, -0.2) is 174 Å². The highest BCUT2D eigenvalue weighted by Gasteiger charge is 2.24. The molecule has 25 nitrogen and oxygen atoms in total. The molecule has 16 heterocycles. The van der Waals surface area contributed by atoms with Crippen LogP contribution in [0.5, 0.6) is 0 Å². The first-order valence-corrected chi connectivity index (χ1v) is 31.6. The predicted molar refractivity (Wildman–Crippen MR) is 359 cm³/mol. The van der Waals surface area contributed by atoms with Crippen LogP contribution >= 0.6 is 0 Å². The molecule has 0 atom stereocenters. The second-order valence-corrected chi connectivity index (χ2v) is 23.5. The summed E-state index contributed by atoms with van der Waals surface area (Å²) in [4.78, 5) is 84.4. The molecule has 1 amide bonds. The highest BCUT2D eigenvalue weighted by Crippen LogP contribution is 2.32. The summed E-state index contributed by atoms with van der Waals surface area (Å²) in [5.41, 5.74) is 17.2. The van der Waals surface area contributed by atoms with Gasteiger partial charge in [-0.2, -0.15) is 0 Å². The number of aromatic nitrogens is 16. The van der Waals surface area contributed by atoms with E-state index in [-0.39, 0.29) is 11.9 Å². The monoisotopic (exact) mass is 1230 g/mol. The number of pyridine rings is 4. The van der Waals surface area contributed by atoms with Gasteiger partial charge in [0, 0.05) is 189 Å². The number of anilines is 4. The molecule has 0 aromatic carbocycles. The molecule has 0 radical (unpaired) electrons. The van der Waals surface area contributed by atoms with Crippen molar-refractivity contribution in [2.45, 2.75) is 82.5 Å². The van der Waals surface area contributed by atoms with Crippen LogP contribution in [0.1, 0.15) is 58.3 Å². The van der Waals surface area contributed by atoms with E-state index in [1.165, 1.54) is 0 Å². The summed E-state index contributed by atoms with van der Waals surface area (Å²) in [6, 6.07) is 25.0. The molecular weight excluding hydrogens is 1160 g/mol. The van der Waals surface area contributed by atoms with E-state index in [1.807, 2.05) is 97.8 Å². The van der Waals surface area contributed by atoms with Gasteiger partial charge in [-0.25, -0.2) is 59.8 Å². The molecule has 4 fully saturated rings. The Morgan fingerprint density at radius 2 is 0.804 bits per heavy atom. The molecule has 4 aliphatic heterocycles. The maximum absolute atomic E-state index is 11.2. The van der Waals surface area contributed by atoms with Gasteiger partial charge in [0.05, 0.1) is 22.8 Å². The van der Waals surface area contributed by atoms with Crippen molar-refractivity contribution in [3.8, 4) is 45.0 Å². The normalized spacial score (nSPS) is 16.1. The smallest absolute Gasteiger partial charge is 0.225 e. The number of piperidine rings is 3. The van der Waals surface area contributed by atoms with Crippen molar-refractivity contribution in [2.24, 2.45) is 5.73 Å². The van der Waals surface area contributed by atoms with Gasteiger partial charge in [0.25, 0.3) is 0 Å². The van der Waals surface area contributed by atoms with Crippen LogP contribution in [0.15, 0.2) is 147 Å². The van der Waals surface area contributed by atoms with E-state index in [2.05, 4.69) is 115 Å². The number of fused-ring (bicyclic) bond motifs is 4. The van der Waals surface area contributed by atoms with Gasteiger partial charge in [0.15, 0.2) is 0 Å². The molecule has 4 saturated heterocycles. The van der Waals surface area contributed by atoms with Gasteiger partial charge in [-0.3, -0.25) is 4.79 Å². The average molecular weight is 1230 g/mol. The number of H-pyrrole nitrogens is 4. The fourth-order valence-electron chi connectivity index (χ4n) is 12.1. The topological polar surface area (TPSA) is 316 Å². The second kappa shape index (κ2) is 28.6. The number of nitrogens with two attached hydrogens (primary N) is 1. The zero-order valence-corrected chi connectivity index (χ0v) is 51.6. The molecule has 9 N–H and O–H groups in total. The van der Waals surface area contributed by atoms with E-state index >= 15 is 0 Å². The van der Waals surface area contributed by atoms with Crippen LogP contribution < -0.4 is 31.5 Å². The molecule has 92 heavy (non-hydrogen) atoms. The first-order chi connectivity index (χ1) is 45.2. The minimum atomic E-state index is 0.0321. The van der Waals surface area contributed by atoms with E-state index in [0.29, 0.717) is 30.0 Å². The van der Waals surface area contributed by atoms with Crippen LogP contribution in [-0.2, 0) is 9.53 Å². The minimum absolute atomic E-state index is 0.0321. The van der Waals surface area contributed by atoms with Gasteiger partial charge in [0.1, 0.15) is 22.6 Å². The Hall–Kier alpha value is -10.4. The number of carbonyl (C=O) groups is 1. The standard InChI is InChI=1S/C18H20N6O.C17H20N6.C16H18N6.C16H17N5O/c1-12(25)22-13-5-9-24(10-6-13)18-20-8-4-16(23-18)15-11-21-17-14(15)3-2-7-19-17;1-23-9-5-12(6-10-23)21-17-19-8-4-15(22-17)14-11-20-16-13(14)3-2-7-18-16;17-11-4-8-22(9-5-11)16-19-7-3-14(21-16)13-10-20-15-12(13)2-1-6-18-15;1-2-12-13(10-19-15(12)17-6-1)14-3-7-18-16(21-14)20-11-4-8-22-9-5-11/h2-4,7-8,11,13H,5-6,9-10H2,1H3,(H,19,21)(H,22,25);2-4,7-8,11-12H,5-6,9-10H2,1H3,(H,18,20)(H,19,21,22);1-3,6-7,10-11H,4-5,8-9,17H2,(H,18,20);1-3,6-7,10-11H,4-5,8-9H2,(H,17,19)(H,18,20,21). The van der Waals surface area contributed by atoms with Gasteiger partial charge < -0.3 is 61.1 Å². The molecule has 0 saturated carbocycles. The lowest BCUT2D eigenvalue weighted by Crippen LogP contribution is -2.44. The van der Waals surface area contributed by atoms with Crippen molar-refractivity contribution < 1.29 is 9.53 Å². The summed E-state index contributed by atoms with van der Waals surface area (Å²) in [7, 11) is 2.17. The van der Waals surface area contributed by atoms with Crippen molar-refractivity contribution in [1.29, 1.82) is 0 Å². The number of amides is 1. The first kappa shape index (κ1) is 60.5. The van der Waals surface area contributed by atoms with Gasteiger partial charge >= 0.3 is 0 Å². The van der Waals surface area contributed by atoms with E-state index < -0.39 is 0 Å². The Kier molecular flexibility index (Phi) is 18.8. The van der Waals surface area contributed by atoms with Crippen molar-refractivity contribution in [3.63, 3.8) is 0 Å². The highest BCUT2D eigenvalue weighted by molar-refractivity contribution is 5.95. The van der Waals surface area contributed by atoms with Gasteiger partial charge in [-0.15, -0.1) is 0 Å². The predicted octanol–water partition coefficient (Wildman–Crippen LogP) is 9.21. The lowest BCUT2D eigenvalue weighted by molar-refractivity contribution is -0.119. The zero-order chi connectivity index (χ0) is 62.6. The fraction of sp³-hybridized carbons (Fsp3) is 0.328. The molecule has 0 spiro atoms. The number of hydrogen-bond acceptors (Lipinski definition) is 20. The van der Waals surface area contributed by atoms with Gasteiger partial charge in [-0.05, 0) is 144 Å². The number of hydrogen-bond donors (Lipinski definition) is 8. The average Bonchev–Trinajstić information content (AvgIpc) is 1.86. The van der Waals surface area contributed by atoms with Crippen molar-refractivity contribution in [2.75, 3.05) is 80.0 Å². The fourth-order valence-corrected chi connectivity index (χ4v) is 12.1. The van der Waals surface area contributed by atoms with E-state index in [1.54, 1.807) is 44.1 Å². The van der Waals surface area contributed by atoms with E-state index in [0.717, 1.165) is 205 Å². The van der Waals surface area contributed by atoms with Crippen LogP contribution in [0.4, 0.5) is 23.8 Å². The largest absolute Gasteiger partial charge is 0.381 e. The highest BCUT2D eigenvalue weighted by atomic mass is 16.5. The summed E-state index contributed by atoms with van der Waals surface area (Å²) in [6.07, 6.45) is 30.2. The molecule has 12 aromatic heterocycles. The molecule has 0 bridgehead atoms. The Balaban J connectivity index is 0.000000112. The number of rotatable bonds is 11. The Morgan fingerprint density at radius 3 is 1.21 bits per heavy atom. The summed E-state index contributed by atoms with van der Waals surface area (Å²) < 4.78 is 5.38. The van der Waals surface area contributed by atoms with E-state index in [9.17, 15) is 4.79 Å². The zero-order valence-electron chi connectivity index (χ0n) is 51.6. The Morgan fingerprint density at radius 1 is 0.446 bits per heavy atom. The number of carbonyl (C=O) groups excluding carboxylic acids is 1. The molecule has 0 unspecified atom stereocenters. The molecular formula is C67H75N23O2. The summed E-state index contributed by atoms with van der Waals surface area (Å²) >= 11 is 0. The Bertz CT molecular complexity index is 4380. The molecule has 16 rings (SSSR count). The van der Waals surface area contributed by atoms with E-state index in [4.69, 9.17) is 25.4 Å². The lowest BCUT2D eigenvalue weighted by Gasteiger charge is -2.32. The third-order valence-electron chi connectivity index (χ3n) is 17.1. The number of nitrogens with zero attached hydrogens (tertiary/aromatic N) is 15. The third-order valence-corrected chi connectivity index (χ3v) is 17.1. The molecule has 0 aliphatic carbocycles. The molecule has 4 aliphatic rings. The second-order valence-electron chi connectivity index (χ2n) is 23.5. The Labute approximate surface area is 531 Å². The van der Waals surface area contributed by atoms with Gasteiger partial charge in [-0.1, -0.05) is 0 Å². The van der Waals surface area contributed by atoms with Crippen molar-refractivity contribution in [3.05, 3.63) is 147 Å². The molecule has 470 valence electrons. The molecule has 12 aromatic rings. The SMILES string of the molecule is CC(=O)NC1CCN(c2nccc(-c3c[nH]c4ncccc34)n2)CC1.CN1CCC(Nc2nccc(-c3c[nH]c4ncccc34)n2)CC1.NC1CCN(c2nccc(-c3c[nH]c4ncccc34)n2)CC1.c1cnc2[nH]cc(-c3ccnc(NC4CCOCC4)n3)c2c1. The molecule has 25 heteroatoms. The van der Waals surface area contributed by atoms with Crippen molar-refractivity contribution in [1.82, 2.24) is 90.0 Å². The number of ether oxygens (including phenoxy) is 1. The number of nitrogens with one attached hydrogen (secondary N) is 7. The quantitative estimate of drug-likeness (QED) is 0.0598. The van der Waals surface area contributed by atoms with Crippen LogP contribution in [0, 0.1) is 0 Å².